The summed E-state index contributed by atoms with van der Waals surface area (Å²) in [5, 5.41) is 8.97. The van der Waals surface area contributed by atoms with Gasteiger partial charge in [-0.05, 0) is 20.3 Å². The second-order valence-corrected chi connectivity index (χ2v) is 5.13. The Morgan fingerprint density at radius 2 is 2.39 bits per heavy atom. The number of aliphatic hydroxyl groups excluding tert-OH is 1. The predicted molar refractivity (Wildman–Crippen MR) is 69.3 cm³/mol. The Kier molecular flexibility index (Phi) is 4.74. The van der Waals surface area contributed by atoms with E-state index in [2.05, 4.69) is 28.3 Å². The van der Waals surface area contributed by atoms with Gasteiger partial charge in [0.05, 0.1) is 24.7 Å². The number of hydrogen-bond acceptors (Lipinski definition) is 4. The van der Waals surface area contributed by atoms with Gasteiger partial charge in [-0.1, -0.05) is 0 Å². The fourth-order valence-electron chi connectivity index (χ4n) is 2.39. The molecule has 0 radical (unpaired) electrons. The normalized spacial score (nSPS) is 21.7. The molecule has 102 valence electrons. The third-order valence-corrected chi connectivity index (χ3v) is 3.36. The van der Waals surface area contributed by atoms with Gasteiger partial charge in [-0.2, -0.15) is 0 Å². The molecule has 2 rings (SSSR count). The maximum atomic E-state index is 8.97. The fourth-order valence-corrected chi connectivity index (χ4v) is 2.39. The molecule has 0 saturated carbocycles. The van der Waals surface area contributed by atoms with Crippen molar-refractivity contribution in [2.24, 2.45) is 0 Å². The predicted octanol–water partition coefficient (Wildman–Crippen LogP) is 1.05. The number of imidazole rings is 1. The van der Waals surface area contributed by atoms with Gasteiger partial charge in [-0.25, -0.2) is 4.98 Å². The first-order chi connectivity index (χ1) is 8.70. The van der Waals surface area contributed by atoms with E-state index in [1.54, 1.807) is 0 Å². The summed E-state index contributed by atoms with van der Waals surface area (Å²) in [6.07, 6.45) is 4.72. The molecule has 5 nitrogen and oxygen atoms in total. The Balaban J connectivity index is 1.94. The summed E-state index contributed by atoms with van der Waals surface area (Å²) in [6, 6.07) is 0.441. The number of morpholine rings is 1. The van der Waals surface area contributed by atoms with Crippen LogP contribution in [0, 0.1) is 0 Å². The van der Waals surface area contributed by atoms with E-state index in [1.807, 2.05) is 12.5 Å². The highest BCUT2D eigenvalue weighted by Crippen LogP contribution is 2.15. The number of nitrogens with zero attached hydrogens (tertiary/aromatic N) is 3. The molecule has 0 amide bonds. The van der Waals surface area contributed by atoms with Crippen LogP contribution in [0.2, 0.25) is 0 Å². The number of ether oxygens (including phenoxy) is 1. The lowest BCUT2D eigenvalue weighted by molar-refractivity contribution is -0.0413. The van der Waals surface area contributed by atoms with Crippen LogP contribution in [0.15, 0.2) is 12.5 Å². The van der Waals surface area contributed by atoms with Crippen molar-refractivity contribution in [1.82, 2.24) is 14.5 Å². The summed E-state index contributed by atoms with van der Waals surface area (Å²) in [4.78, 5) is 6.60. The minimum Gasteiger partial charge on any atom is -0.396 e. The van der Waals surface area contributed by atoms with Gasteiger partial charge >= 0.3 is 0 Å². The molecule has 0 unspecified atom stereocenters. The van der Waals surface area contributed by atoms with Crippen LogP contribution in [-0.4, -0.2) is 52.0 Å². The van der Waals surface area contributed by atoms with Gasteiger partial charge in [0.1, 0.15) is 0 Å². The average Bonchev–Trinajstić information content (AvgIpc) is 2.78. The van der Waals surface area contributed by atoms with Crippen molar-refractivity contribution in [3.05, 3.63) is 18.2 Å². The van der Waals surface area contributed by atoms with Crippen LogP contribution in [0.5, 0.6) is 0 Å². The van der Waals surface area contributed by atoms with Crippen LogP contribution in [0.25, 0.3) is 0 Å². The van der Waals surface area contributed by atoms with E-state index in [4.69, 9.17) is 9.84 Å². The monoisotopic (exact) mass is 253 g/mol. The van der Waals surface area contributed by atoms with E-state index in [9.17, 15) is 0 Å². The summed E-state index contributed by atoms with van der Waals surface area (Å²) in [7, 11) is 0. The van der Waals surface area contributed by atoms with Gasteiger partial charge < -0.3 is 14.4 Å². The number of hydrogen-bond donors (Lipinski definition) is 1. The molecule has 1 aromatic heterocycles. The first-order valence-electron chi connectivity index (χ1n) is 6.66. The third-order valence-electron chi connectivity index (χ3n) is 3.36. The highest BCUT2D eigenvalue weighted by molar-refractivity contribution is 5.00. The Morgan fingerprint density at radius 3 is 3.11 bits per heavy atom. The van der Waals surface area contributed by atoms with Crippen molar-refractivity contribution in [1.29, 1.82) is 0 Å². The van der Waals surface area contributed by atoms with E-state index in [-0.39, 0.29) is 12.7 Å². The molecule has 1 aliphatic rings. The smallest absolute Gasteiger partial charge is 0.0951 e. The molecule has 0 aromatic carbocycles. The van der Waals surface area contributed by atoms with Crippen LogP contribution in [0.3, 0.4) is 0 Å². The molecule has 1 atom stereocenters. The van der Waals surface area contributed by atoms with Crippen molar-refractivity contribution >= 4 is 0 Å². The maximum absolute atomic E-state index is 8.97. The van der Waals surface area contributed by atoms with Crippen molar-refractivity contribution in [3.8, 4) is 0 Å². The minimum absolute atomic E-state index is 0.166. The molecule has 2 heterocycles. The van der Waals surface area contributed by atoms with E-state index < -0.39 is 0 Å². The van der Waals surface area contributed by atoms with Crippen molar-refractivity contribution < 1.29 is 9.84 Å². The molecule has 1 saturated heterocycles. The average molecular weight is 253 g/mol. The van der Waals surface area contributed by atoms with Gasteiger partial charge in [0, 0.05) is 38.5 Å². The molecule has 1 fully saturated rings. The Labute approximate surface area is 108 Å². The molecule has 0 aliphatic carbocycles. The lowest BCUT2D eigenvalue weighted by atomic mass is 10.2. The molecule has 5 heteroatoms. The second-order valence-electron chi connectivity index (χ2n) is 5.13. The minimum atomic E-state index is 0.166. The van der Waals surface area contributed by atoms with Crippen LogP contribution >= 0.6 is 0 Å². The molecule has 1 aliphatic heterocycles. The fraction of sp³-hybridized carbons (Fsp3) is 0.769. The summed E-state index contributed by atoms with van der Waals surface area (Å²) in [5.41, 5.74) is 1.25. The highest BCUT2D eigenvalue weighted by Gasteiger charge is 2.21. The first-order valence-corrected chi connectivity index (χ1v) is 6.66. The van der Waals surface area contributed by atoms with E-state index >= 15 is 0 Å². The van der Waals surface area contributed by atoms with Crippen molar-refractivity contribution in [2.45, 2.75) is 39.0 Å². The Bertz CT molecular complexity index is 363. The van der Waals surface area contributed by atoms with Crippen LogP contribution in [0.4, 0.5) is 0 Å². The number of aliphatic hydroxyl groups is 1. The molecule has 1 aromatic rings. The van der Waals surface area contributed by atoms with Crippen LogP contribution < -0.4 is 0 Å². The Hall–Kier alpha value is -0.910. The highest BCUT2D eigenvalue weighted by atomic mass is 16.5. The molecule has 1 N–H and O–H groups in total. The first kappa shape index (κ1) is 13.5. The zero-order valence-electron chi connectivity index (χ0n) is 11.2. The Morgan fingerprint density at radius 1 is 1.56 bits per heavy atom. The third kappa shape index (κ3) is 3.31. The van der Waals surface area contributed by atoms with E-state index in [0.717, 1.165) is 32.7 Å². The standard InChI is InChI=1S/C13H23N3O2/c1-11(2)16-10-14-7-12(16)8-15-4-6-18-13(9-15)3-5-17/h7,10-11,13,17H,3-6,8-9H2,1-2H3/t13-/m1/s1. The topological polar surface area (TPSA) is 50.5 Å². The zero-order chi connectivity index (χ0) is 13.0. The van der Waals surface area contributed by atoms with Gasteiger partial charge in [0.2, 0.25) is 0 Å². The summed E-state index contributed by atoms with van der Waals surface area (Å²) >= 11 is 0. The van der Waals surface area contributed by atoms with E-state index in [0.29, 0.717) is 6.04 Å². The van der Waals surface area contributed by atoms with Gasteiger partial charge in [-0.3, -0.25) is 4.90 Å². The maximum Gasteiger partial charge on any atom is 0.0951 e. The van der Waals surface area contributed by atoms with Crippen LogP contribution in [-0.2, 0) is 11.3 Å². The molecular formula is C13H23N3O2. The van der Waals surface area contributed by atoms with Gasteiger partial charge in [-0.15, -0.1) is 0 Å². The van der Waals surface area contributed by atoms with E-state index in [1.165, 1.54) is 5.69 Å². The quantitative estimate of drug-likeness (QED) is 0.852. The number of aromatic nitrogens is 2. The molecular weight excluding hydrogens is 230 g/mol. The van der Waals surface area contributed by atoms with Gasteiger partial charge in [0.15, 0.2) is 0 Å². The molecule has 0 bridgehead atoms. The molecule has 0 spiro atoms. The lowest BCUT2D eigenvalue weighted by Gasteiger charge is -2.32. The zero-order valence-corrected chi connectivity index (χ0v) is 11.2. The molecule has 18 heavy (non-hydrogen) atoms. The lowest BCUT2D eigenvalue weighted by Crippen LogP contribution is -2.42. The summed E-state index contributed by atoms with van der Waals surface area (Å²) in [5.74, 6) is 0. The summed E-state index contributed by atoms with van der Waals surface area (Å²) < 4.78 is 7.83. The number of rotatable bonds is 5. The van der Waals surface area contributed by atoms with Gasteiger partial charge in [0.25, 0.3) is 0 Å². The second kappa shape index (κ2) is 6.31. The van der Waals surface area contributed by atoms with Crippen LogP contribution in [0.1, 0.15) is 32.0 Å². The van der Waals surface area contributed by atoms with Crippen molar-refractivity contribution in [2.75, 3.05) is 26.3 Å². The summed E-state index contributed by atoms with van der Waals surface area (Å²) in [6.45, 7) is 8.03. The van der Waals surface area contributed by atoms with Crippen molar-refractivity contribution in [3.63, 3.8) is 0 Å². The SMILES string of the molecule is CC(C)n1cncc1CN1CCO[C@H](CCO)C1. The largest absolute Gasteiger partial charge is 0.396 e.